The first-order chi connectivity index (χ1) is 7.27. The van der Waals surface area contributed by atoms with Gasteiger partial charge in [0.1, 0.15) is 0 Å². The van der Waals surface area contributed by atoms with Gasteiger partial charge in [-0.1, -0.05) is 12.2 Å². The Labute approximate surface area is 93.7 Å². The Morgan fingerprint density at radius 2 is 2.20 bits per heavy atom. The van der Waals surface area contributed by atoms with Crippen LogP contribution in [-0.2, 0) is 0 Å². The minimum atomic E-state index is 0.633. The third-order valence-electron chi connectivity index (χ3n) is 3.75. The molecule has 1 fully saturated rings. The molecule has 0 heterocycles. The number of likely N-dealkylation sites (N-methyl/N-ethyl adjacent to an activating group) is 1. The minimum Gasteiger partial charge on any atom is -0.309 e. The second kappa shape index (κ2) is 5.13. The molecule has 1 N–H and O–H groups in total. The van der Waals surface area contributed by atoms with Gasteiger partial charge in [0.05, 0.1) is 0 Å². The fourth-order valence-corrected chi connectivity index (χ4v) is 2.29. The zero-order valence-electron chi connectivity index (χ0n) is 10.1. The summed E-state index contributed by atoms with van der Waals surface area (Å²) in [7, 11) is 2.26. The number of nitrogens with one attached hydrogen (secondary N) is 1. The summed E-state index contributed by atoms with van der Waals surface area (Å²) in [6.07, 6.45) is 11.4. The standard InChI is InChI=1S/C13H24N2/c1-11(15(2)13-8-9-13)10-14-12-6-4-3-5-7-12/h4,6,11-14H,3,5,7-10H2,1-2H3. The molecule has 0 radical (unpaired) electrons. The van der Waals surface area contributed by atoms with E-state index in [2.05, 4.69) is 36.3 Å². The molecular weight excluding hydrogens is 184 g/mol. The Bertz CT molecular complexity index is 221. The van der Waals surface area contributed by atoms with Crippen molar-refractivity contribution in [3.8, 4) is 0 Å². The molecule has 2 aliphatic rings. The highest BCUT2D eigenvalue weighted by Crippen LogP contribution is 2.26. The summed E-state index contributed by atoms with van der Waals surface area (Å²) in [6.45, 7) is 3.46. The normalized spacial score (nSPS) is 28.3. The van der Waals surface area contributed by atoms with Gasteiger partial charge in [-0.2, -0.15) is 0 Å². The molecule has 0 bridgehead atoms. The maximum Gasteiger partial charge on any atom is 0.0250 e. The Morgan fingerprint density at radius 1 is 1.40 bits per heavy atom. The average molecular weight is 208 g/mol. The van der Waals surface area contributed by atoms with Crippen LogP contribution in [0.2, 0.25) is 0 Å². The van der Waals surface area contributed by atoms with Crippen LogP contribution < -0.4 is 5.32 Å². The summed E-state index contributed by atoms with van der Waals surface area (Å²) in [6, 6.07) is 2.19. The summed E-state index contributed by atoms with van der Waals surface area (Å²) in [5, 5.41) is 3.66. The van der Waals surface area contributed by atoms with Crippen LogP contribution in [0.3, 0.4) is 0 Å². The van der Waals surface area contributed by atoms with Gasteiger partial charge in [-0.25, -0.2) is 0 Å². The lowest BCUT2D eigenvalue weighted by atomic mass is 10.0. The van der Waals surface area contributed by atoms with Crippen molar-refractivity contribution < 1.29 is 0 Å². The molecule has 0 aromatic carbocycles. The molecule has 2 heteroatoms. The number of hydrogen-bond donors (Lipinski definition) is 1. The van der Waals surface area contributed by atoms with E-state index in [-0.39, 0.29) is 0 Å². The maximum absolute atomic E-state index is 3.66. The summed E-state index contributed by atoms with van der Waals surface area (Å²) >= 11 is 0. The molecule has 0 aromatic heterocycles. The number of allylic oxidation sites excluding steroid dienone is 1. The quantitative estimate of drug-likeness (QED) is 0.697. The largest absolute Gasteiger partial charge is 0.309 e. The van der Waals surface area contributed by atoms with Crippen LogP contribution in [-0.4, -0.2) is 36.6 Å². The van der Waals surface area contributed by atoms with Gasteiger partial charge in [0.15, 0.2) is 0 Å². The smallest absolute Gasteiger partial charge is 0.0250 e. The van der Waals surface area contributed by atoms with Crippen LogP contribution in [0, 0.1) is 0 Å². The molecule has 0 aromatic rings. The fourth-order valence-electron chi connectivity index (χ4n) is 2.29. The molecule has 86 valence electrons. The predicted octanol–water partition coefficient (Wildman–Crippen LogP) is 2.17. The van der Waals surface area contributed by atoms with E-state index in [9.17, 15) is 0 Å². The SMILES string of the molecule is CC(CNC1C=CCCC1)N(C)C1CC1. The van der Waals surface area contributed by atoms with E-state index >= 15 is 0 Å². The lowest BCUT2D eigenvalue weighted by Crippen LogP contribution is -2.42. The molecule has 0 aliphatic heterocycles. The Morgan fingerprint density at radius 3 is 2.80 bits per heavy atom. The Kier molecular flexibility index (Phi) is 3.81. The molecule has 2 rings (SSSR count). The van der Waals surface area contributed by atoms with Crippen molar-refractivity contribution >= 4 is 0 Å². The van der Waals surface area contributed by atoms with E-state index in [0.29, 0.717) is 12.1 Å². The second-order valence-electron chi connectivity index (χ2n) is 5.12. The highest BCUT2D eigenvalue weighted by Gasteiger charge is 2.29. The van der Waals surface area contributed by atoms with Crippen LogP contribution in [0.5, 0.6) is 0 Å². The van der Waals surface area contributed by atoms with Crippen molar-refractivity contribution in [2.45, 2.75) is 57.2 Å². The van der Waals surface area contributed by atoms with Crippen molar-refractivity contribution in [2.24, 2.45) is 0 Å². The number of hydrogen-bond acceptors (Lipinski definition) is 2. The summed E-state index contributed by atoms with van der Waals surface area (Å²) in [4.78, 5) is 2.53. The lowest BCUT2D eigenvalue weighted by Gasteiger charge is -2.27. The van der Waals surface area contributed by atoms with Crippen LogP contribution >= 0.6 is 0 Å². The molecule has 0 amide bonds. The van der Waals surface area contributed by atoms with E-state index in [4.69, 9.17) is 0 Å². The first kappa shape index (κ1) is 11.2. The van der Waals surface area contributed by atoms with E-state index in [1.165, 1.54) is 32.1 Å². The molecule has 2 nitrogen and oxygen atoms in total. The highest BCUT2D eigenvalue weighted by atomic mass is 15.2. The highest BCUT2D eigenvalue weighted by molar-refractivity contribution is 4.98. The van der Waals surface area contributed by atoms with Gasteiger partial charge in [0.2, 0.25) is 0 Å². The molecule has 2 aliphatic carbocycles. The first-order valence-corrected chi connectivity index (χ1v) is 6.39. The van der Waals surface area contributed by atoms with Gasteiger partial charge >= 0.3 is 0 Å². The monoisotopic (exact) mass is 208 g/mol. The molecular formula is C13H24N2. The third kappa shape index (κ3) is 3.32. The van der Waals surface area contributed by atoms with E-state index in [1.54, 1.807) is 0 Å². The van der Waals surface area contributed by atoms with Gasteiger partial charge in [0.25, 0.3) is 0 Å². The van der Waals surface area contributed by atoms with Gasteiger partial charge in [-0.3, -0.25) is 4.90 Å². The summed E-state index contributed by atoms with van der Waals surface area (Å²) < 4.78 is 0. The Balaban J connectivity index is 1.67. The zero-order chi connectivity index (χ0) is 10.7. The number of rotatable bonds is 5. The van der Waals surface area contributed by atoms with E-state index in [0.717, 1.165) is 12.6 Å². The first-order valence-electron chi connectivity index (χ1n) is 6.39. The molecule has 0 saturated heterocycles. The molecule has 15 heavy (non-hydrogen) atoms. The summed E-state index contributed by atoms with van der Waals surface area (Å²) in [5.74, 6) is 0. The van der Waals surface area contributed by atoms with Crippen molar-refractivity contribution in [3.05, 3.63) is 12.2 Å². The van der Waals surface area contributed by atoms with Crippen molar-refractivity contribution in [1.82, 2.24) is 10.2 Å². The van der Waals surface area contributed by atoms with Crippen molar-refractivity contribution in [2.75, 3.05) is 13.6 Å². The van der Waals surface area contributed by atoms with Crippen molar-refractivity contribution in [1.29, 1.82) is 0 Å². The average Bonchev–Trinajstić information content (AvgIpc) is 3.10. The fraction of sp³-hybridized carbons (Fsp3) is 0.846. The molecule has 0 spiro atoms. The minimum absolute atomic E-state index is 0.633. The van der Waals surface area contributed by atoms with Gasteiger partial charge in [-0.05, 0) is 46.1 Å². The lowest BCUT2D eigenvalue weighted by molar-refractivity contribution is 0.237. The molecule has 2 atom stereocenters. The van der Waals surface area contributed by atoms with Crippen LogP contribution in [0.4, 0.5) is 0 Å². The van der Waals surface area contributed by atoms with E-state index in [1.807, 2.05) is 0 Å². The maximum atomic E-state index is 3.66. The zero-order valence-corrected chi connectivity index (χ0v) is 10.1. The van der Waals surface area contributed by atoms with Gasteiger partial charge < -0.3 is 5.32 Å². The van der Waals surface area contributed by atoms with Crippen LogP contribution in [0.1, 0.15) is 39.0 Å². The van der Waals surface area contributed by atoms with Gasteiger partial charge in [-0.15, -0.1) is 0 Å². The van der Waals surface area contributed by atoms with Gasteiger partial charge in [0, 0.05) is 24.7 Å². The second-order valence-corrected chi connectivity index (χ2v) is 5.12. The van der Waals surface area contributed by atoms with Crippen LogP contribution in [0.15, 0.2) is 12.2 Å². The predicted molar refractivity (Wildman–Crippen MR) is 65.0 cm³/mol. The molecule has 1 saturated carbocycles. The van der Waals surface area contributed by atoms with E-state index < -0.39 is 0 Å². The third-order valence-corrected chi connectivity index (χ3v) is 3.75. The number of nitrogens with zero attached hydrogens (tertiary/aromatic N) is 1. The molecule has 2 unspecified atom stereocenters. The Hall–Kier alpha value is -0.340. The summed E-state index contributed by atoms with van der Waals surface area (Å²) in [5.41, 5.74) is 0. The van der Waals surface area contributed by atoms with Crippen LogP contribution in [0.25, 0.3) is 0 Å². The topological polar surface area (TPSA) is 15.3 Å². The van der Waals surface area contributed by atoms with Crippen molar-refractivity contribution in [3.63, 3.8) is 0 Å².